The van der Waals surface area contributed by atoms with Gasteiger partial charge in [0.25, 0.3) is 0 Å². The van der Waals surface area contributed by atoms with Crippen LogP contribution in [0.3, 0.4) is 0 Å². The third-order valence-electron chi connectivity index (χ3n) is 5.39. The molecule has 0 amide bonds. The summed E-state index contributed by atoms with van der Waals surface area (Å²) in [6.45, 7) is 4.46. The number of anilines is 1. The van der Waals surface area contributed by atoms with Gasteiger partial charge in [-0.2, -0.15) is 0 Å². The van der Waals surface area contributed by atoms with Crippen LogP contribution < -0.4 is 14.4 Å². The molecular weight excluding hydrogens is 400 g/mol. The van der Waals surface area contributed by atoms with Crippen molar-refractivity contribution in [2.24, 2.45) is 0 Å². The van der Waals surface area contributed by atoms with E-state index in [9.17, 15) is 4.79 Å². The molecule has 0 spiro atoms. The van der Waals surface area contributed by atoms with E-state index >= 15 is 0 Å². The molecule has 3 aromatic rings. The van der Waals surface area contributed by atoms with Crippen LogP contribution in [0.4, 0.5) is 5.69 Å². The summed E-state index contributed by atoms with van der Waals surface area (Å²) in [5, 5.41) is 0.970. The summed E-state index contributed by atoms with van der Waals surface area (Å²) in [5.41, 5.74) is 3.11. The van der Waals surface area contributed by atoms with Crippen LogP contribution in [0, 0.1) is 0 Å². The second-order valence-corrected chi connectivity index (χ2v) is 7.24. The summed E-state index contributed by atoms with van der Waals surface area (Å²) in [4.78, 5) is 20.3. The van der Waals surface area contributed by atoms with Crippen molar-refractivity contribution in [3.63, 3.8) is 0 Å². The Morgan fingerprint density at radius 2 is 1.73 bits per heavy atom. The van der Waals surface area contributed by atoms with Crippen molar-refractivity contribution in [2.75, 3.05) is 31.7 Å². The number of aromatic nitrogens is 1. The minimum Gasteiger partial charge on any atom is -0.497 e. The average Bonchev–Trinajstić information content (AvgIpc) is 2.78. The van der Waals surface area contributed by atoms with Gasteiger partial charge in [-0.05, 0) is 68.7 Å². The minimum absolute atomic E-state index is 0. The Hall–Kier alpha value is -2.79. The predicted molar refractivity (Wildman–Crippen MR) is 123 cm³/mol. The second kappa shape index (κ2) is 9.81. The lowest BCUT2D eigenvalue weighted by Crippen LogP contribution is -2.31. The van der Waals surface area contributed by atoms with Crippen molar-refractivity contribution in [2.45, 2.75) is 26.2 Å². The molecule has 1 aliphatic heterocycles. The first kappa shape index (κ1) is 21.9. The van der Waals surface area contributed by atoms with Crippen molar-refractivity contribution in [3.05, 3.63) is 59.8 Å². The quantitative estimate of drug-likeness (QED) is 0.501. The zero-order chi connectivity index (χ0) is 20.2. The van der Waals surface area contributed by atoms with Crippen LogP contribution in [-0.4, -0.2) is 37.6 Å². The third-order valence-corrected chi connectivity index (χ3v) is 5.39. The number of carbonyl (C=O) groups is 1. The molecule has 4 rings (SSSR count). The first-order chi connectivity index (χ1) is 14.2. The number of carbonyl (C=O) groups excluding carboxylic acids is 1. The highest BCUT2D eigenvalue weighted by molar-refractivity contribution is 6.16. The zero-order valence-corrected chi connectivity index (χ0v) is 18.2. The smallest absolute Gasteiger partial charge is 0.196 e. The molecule has 30 heavy (non-hydrogen) atoms. The van der Waals surface area contributed by atoms with Crippen molar-refractivity contribution in [3.8, 4) is 11.5 Å². The molecule has 0 radical (unpaired) electrons. The van der Waals surface area contributed by atoms with Gasteiger partial charge in [0.2, 0.25) is 0 Å². The SMILES string of the molecule is CCOc1ccc2ncc(C(=O)c3ccc(OC)cc3)c(N3CCCCC3)c2c1.Cl. The first-order valence-corrected chi connectivity index (χ1v) is 10.2. The molecule has 0 atom stereocenters. The normalized spacial score (nSPS) is 13.6. The van der Waals surface area contributed by atoms with Gasteiger partial charge >= 0.3 is 0 Å². The molecule has 2 aromatic carbocycles. The molecule has 5 nitrogen and oxygen atoms in total. The van der Waals surface area contributed by atoms with Gasteiger partial charge in [-0.15, -0.1) is 12.4 Å². The molecule has 0 aliphatic carbocycles. The van der Waals surface area contributed by atoms with Crippen molar-refractivity contribution >= 4 is 34.8 Å². The lowest BCUT2D eigenvalue weighted by Gasteiger charge is -2.31. The number of benzene rings is 2. The first-order valence-electron chi connectivity index (χ1n) is 10.2. The summed E-state index contributed by atoms with van der Waals surface area (Å²) >= 11 is 0. The number of methoxy groups -OCH3 is 1. The van der Waals surface area contributed by atoms with Crippen LogP contribution in [0.15, 0.2) is 48.7 Å². The zero-order valence-electron chi connectivity index (χ0n) is 17.4. The largest absolute Gasteiger partial charge is 0.497 e. The molecule has 6 heteroatoms. The number of ketones is 1. The maximum atomic E-state index is 13.4. The highest BCUT2D eigenvalue weighted by Crippen LogP contribution is 2.35. The average molecular weight is 427 g/mol. The standard InChI is InChI=1S/C24H26N2O3.ClH/c1-3-29-19-11-12-22-20(15-19)23(26-13-5-4-6-14-26)21(16-25-22)24(27)17-7-9-18(28-2)10-8-17;/h7-12,15-16H,3-6,13-14H2,1-2H3;1H. The lowest BCUT2D eigenvalue weighted by molar-refractivity contribution is 0.103. The van der Waals surface area contributed by atoms with E-state index < -0.39 is 0 Å². The predicted octanol–water partition coefficient (Wildman–Crippen LogP) is 5.29. The molecule has 0 unspecified atom stereocenters. The second-order valence-electron chi connectivity index (χ2n) is 7.24. The Kier molecular flexibility index (Phi) is 7.16. The van der Waals surface area contributed by atoms with Gasteiger partial charge in [0.15, 0.2) is 5.78 Å². The Morgan fingerprint density at radius 3 is 2.40 bits per heavy atom. The Balaban J connectivity index is 0.00000256. The number of hydrogen-bond acceptors (Lipinski definition) is 5. The van der Waals surface area contributed by atoms with E-state index in [1.807, 2.05) is 49.4 Å². The molecule has 1 aliphatic rings. The van der Waals surface area contributed by atoms with E-state index in [4.69, 9.17) is 9.47 Å². The molecule has 1 fully saturated rings. The van der Waals surface area contributed by atoms with Gasteiger partial charge in [0.1, 0.15) is 11.5 Å². The van der Waals surface area contributed by atoms with E-state index in [0.717, 1.165) is 54.0 Å². The summed E-state index contributed by atoms with van der Waals surface area (Å²) in [7, 11) is 1.62. The number of ether oxygens (including phenoxy) is 2. The van der Waals surface area contributed by atoms with Crippen LogP contribution in [-0.2, 0) is 0 Å². The highest BCUT2D eigenvalue weighted by atomic mass is 35.5. The maximum absolute atomic E-state index is 13.4. The number of piperidine rings is 1. The fourth-order valence-corrected chi connectivity index (χ4v) is 3.94. The number of fused-ring (bicyclic) bond motifs is 1. The van der Waals surface area contributed by atoms with Crippen LogP contribution in [0.5, 0.6) is 11.5 Å². The van der Waals surface area contributed by atoms with Gasteiger partial charge in [-0.3, -0.25) is 9.78 Å². The van der Waals surface area contributed by atoms with Crippen LogP contribution in [0.25, 0.3) is 10.9 Å². The molecule has 0 N–H and O–H groups in total. The maximum Gasteiger partial charge on any atom is 0.196 e. The van der Waals surface area contributed by atoms with Gasteiger partial charge in [-0.1, -0.05) is 0 Å². The van der Waals surface area contributed by atoms with Gasteiger partial charge in [-0.25, -0.2) is 0 Å². The van der Waals surface area contributed by atoms with Crippen LogP contribution in [0.2, 0.25) is 0 Å². The Labute approximate surface area is 183 Å². The van der Waals surface area contributed by atoms with Gasteiger partial charge in [0, 0.05) is 30.2 Å². The summed E-state index contributed by atoms with van der Waals surface area (Å²) in [5.74, 6) is 1.51. The topological polar surface area (TPSA) is 51.7 Å². The monoisotopic (exact) mass is 426 g/mol. The van der Waals surface area contributed by atoms with Crippen molar-refractivity contribution in [1.82, 2.24) is 4.98 Å². The number of nitrogens with zero attached hydrogens (tertiary/aromatic N) is 2. The van der Waals surface area contributed by atoms with E-state index in [-0.39, 0.29) is 18.2 Å². The van der Waals surface area contributed by atoms with E-state index in [2.05, 4.69) is 9.88 Å². The molecule has 1 saturated heterocycles. The van der Waals surface area contributed by atoms with E-state index in [0.29, 0.717) is 17.7 Å². The molecule has 0 bridgehead atoms. The lowest BCUT2D eigenvalue weighted by atomic mass is 9.98. The van der Waals surface area contributed by atoms with Crippen LogP contribution >= 0.6 is 12.4 Å². The van der Waals surface area contributed by atoms with Gasteiger partial charge < -0.3 is 14.4 Å². The highest BCUT2D eigenvalue weighted by Gasteiger charge is 2.23. The number of hydrogen-bond donors (Lipinski definition) is 0. The number of halogens is 1. The fourth-order valence-electron chi connectivity index (χ4n) is 3.94. The van der Waals surface area contributed by atoms with Gasteiger partial charge in [0.05, 0.1) is 30.5 Å². The molecule has 1 aromatic heterocycles. The molecule has 2 heterocycles. The third kappa shape index (κ3) is 4.36. The number of pyridine rings is 1. The van der Waals surface area contributed by atoms with Crippen molar-refractivity contribution < 1.29 is 14.3 Å². The fraction of sp³-hybridized carbons (Fsp3) is 0.333. The number of rotatable bonds is 6. The summed E-state index contributed by atoms with van der Waals surface area (Å²) in [6.07, 6.45) is 5.21. The minimum atomic E-state index is -0.0237. The van der Waals surface area contributed by atoms with Crippen LogP contribution in [0.1, 0.15) is 42.1 Å². The Morgan fingerprint density at radius 1 is 1.03 bits per heavy atom. The van der Waals surface area contributed by atoms with E-state index in [1.165, 1.54) is 6.42 Å². The molecular formula is C24H27ClN2O3. The molecule has 0 saturated carbocycles. The summed E-state index contributed by atoms with van der Waals surface area (Å²) < 4.78 is 10.9. The van der Waals surface area contributed by atoms with Crippen molar-refractivity contribution in [1.29, 1.82) is 0 Å². The van der Waals surface area contributed by atoms with E-state index in [1.54, 1.807) is 13.3 Å². The summed E-state index contributed by atoms with van der Waals surface area (Å²) in [6, 6.07) is 13.2. The molecule has 158 valence electrons. The Bertz CT molecular complexity index is 1010.